The summed E-state index contributed by atoms with van der Waals surface area (Å²) >= 11 is 0. The van der Waals surface area contributed by atoms with Gasteiger partial charge in [-0.1, -0.05) is 43.3 Å². The van der Waals surface area contributed by atoms with Crippen molar-refractivity contribution in [1.82, 2.24) is 10.2 Å². The summed E-state index contributed by atoms with van der Waals surface area (Å²) in [6.07, 6.45) is 2.25. The highest BCUT2D eigenvalue weighted by atomic mass is 127. The molecule has 7 heteroatoms. The van der Waals surface area contributed by atoms with Crippen LogP contribution in [0.1, 0.15) is 23.6 Å². The van der Waals surface area contributed by atoms with Gasteiger partial charge in [0.15, 0.2) is 15.8 Å². The Labute approximate surface area is 179 Å². The SMILES string of the molecule is CCc1ccc(CN(C)C(=NC)NCc2ccc(S(C)(=O)=O)cc2)cc1.I. The number of nitrogens with one attached hydrogen (secondary N) is 1. The standard InChI is InChI=1S/C20H27N3O2S.HI/c1-5-16-6-8-18(9-7-16)15-23(3)20(21-2)22-14-17-10-12-19(13-11-17)26(4,24)25;/h6-13H,5,14-15H2,1-4H3,(H,21,22);1H. The smallest absolute Gasteiger partial charge is 0.193 e. The number of guanidine groups is 1. The van der Waals surface area contributed by atoms with Crippen molar-refractivity contribution in [3.8, 4) is 0 Å². The zero-order valence-electron chi connectivity index (χ0n) is 16.3. The minimum Gasteiger partial charge on any atom is -0.352 e. The lowest BCUT2D eigenvalue weighted by atomic mass is 10.1. The van der Waals surface area contributed by atoms with Crippen molar-refractivity contribution < 1.29 is 8.42 Å². The van der Waals surface area contributed by atoms with E-state index in [9.17, 15) is 8.42 Å². The second-order valence-corrected chi connectivity index (χ2v) is 8.36. The third kappa shape index (κ3) is 7.14. The van der Waals surface area contributed by atoms with Crippen LogP contribution in [0.3, 0.4) is 0 Å². The van der Waals surface area contributed by atoms with Crippen molar-refractivity contribution in [2.24, 2.45) is 4.99 Å². The molecule has 0 fully saturated rings. The first-order valence-electron chi connectivity index (χ1n) is 8.62. The minimum absolute atomic E-state index is 0. The molecule has 0 atom stereocenters. The highest BCUT2D eigenvalue weighted by molar-refractivity contribution is 14.0. The average Bonchev–Trinajstić information content (AvgIpc) is 2.62. The molecule has 0 aliphatic heterocycles. The Morgan fingerprint density at radius 1 is 1.00 bits per heavy atom. The first-order valence-corrected chi connectivity index (χ1v) is 10.5. The van der Waals surface area contributed by atoms with Crippen LogP contribution in [0.2, 0.25) is 0 Å². The van der Waals surface area contributed by atoms with Gasteiger partial charge in [0.05, 0.1) is 4.90 Å². The van der Waals surface area contributed by atoms with Gasteiger partial charge in [-0.15, -0.1) is 24.0 Å². The van der Waals surface area contributed by atoms with Crippen molar-refractivity contribution >= 4 is 39.8 Å². The zero-order chi connectivity index (χ0) is 19.2. The van der Waals surface area contributed by atoms with E-state index in [0.29, 0.717) is 11.4 Å². The third-order valence-corrected chi connectivity index (χ3v) is 5.35. The number of hydrogen-bond donors (Lipinski definition) is 1. The Balaban J connectivity index is 0.00000364. The van der Waals surface area contributed by atoms with Gasteiger partial charge < -0.3 is 10.2 Å². The van der Waals surface area contributed by atoms with Crippen LogP contribution >= 0.6 is 24.0 Å². The summed E-state index contributed by atoms with van der Waals surface area (Å²) in [5, 5.41) is 3.31. The second-order valence-electron chi connectivity index (χ2n) is 6.34. The molecule has 2 aromatic rings. The van der Waals surface area contributed by atoms with Crippen LogP contribution in [-0.2, 0) is 29.3 Å². The maximum absolute atomic E-state index is 11.5. The Kier molecular flexibility index (Phi) is 9.25. The summed E-state index contributed by atoms with van der Waals surface area (Å²) < 4.78 is 23.0. The summed E-state index contributed by atoms with van der Waals surface area (Å²) in [5.74, 6) is 0.789. The van der Waals surface area contributed by atoms with E-state index in [-0.39, 0.29) is 24.0 Å². The molecule has 0 aliphatic rings. The maximum Gasteiger partial charge on any atom is 0.193 e. The van der Waals surface area contributed by atoms with Crippen molar-refractivity contribution in [3.05, 3.63) is 65.2 Å². The van der Waals surface area contributed by atoms with Gasteiger partial charge in [-0.25, -0.2) is 8.42 Å². The number of nitrogens with zero attached hydrogens (tertiary/aromatic N) is 2. The fraction of sp³-hybridized carbons (Fsp3) is 0.350. The number of aryl methyl sites for hydroxylation is 1. The molecule has 0 unspecified atom stereocenters. The lowest BCUT2D eigenvalue weighted by molar-refractivity contribution is 0.476. The number of aliphatic imine (C=N–C) groups is 1. The normalized spacial score (nSPS) is 11.6. The van der Waals surface area contributed by atoms with E-state index < -0.39 is 9.84 Å². The number of sulfone groups is 1. The molecule has 2 rings (SSSR count). The molecule has 1 N–H and O–H groups in total. The van der Waals surface area contributed by atoms with Gasteiger partial charge in [0, 0.05) is 33.4 Å². The van der Waals surface area contributed by atoms with Gasteiger partial charge in [0.1, 0.15) is 0 Å². The molecule has 2 aromatic carbocycles. The molecule has 0 amide bonds. The Morgan fingerprint density at radius 2 is 1.52 bits per heavy atom. The fourth-order valence-electron chi connectivity index (χ4n) is 2.65. The molecule has 27 heavy (non-hydrogen) atoms. The maximum atomic E-state index is 11.5. The predicted molar refractivity (Wildman–Crippen MR) is 122 cm³/mol. The van der Waals surface area contributed by atoms with Gasteiger partial charge >= 0.3 is 0 Å². The van der Waals surface area contributed by atoms with Crippen LogP contribution in [-0.4, -0.2) is 39.6 Å². The third-order valence-electron chi connectivity index (χ3n) is 4.23. The van der Waals surface area contributed by atoms with Crippen molar-refractivity contribution in [2.45, 2.75) is 31.3 Å². The van der Waals surface area contributed by atoms with Crippen LogP contribution in [0.25, 0.3) is 0 Å². The summed E-state index contributed by atoms with van der Waals surface area (Å²) in [4.78, 5) is 6.72. The van der Waals surface area contributed by atoms with Crippen molar-refractivity contribution in [2.75, 3.05) is 20.4 Å². The number of hydrogen-bond acceptors (Lipinski definition) is 3. The molecular weight excluding hydrogens is 473 g/mol. The van der Waals surface area contributed by atoms with Gasteiger partial charge in [-0.05, 0) is 35.2 Å². The van der Waals surface area contributed by atoms with E-state index in [4.69, 9.17) is 0 Å². The molecular formula is C20H28IN3O2S. The van der Waals surface area contributed by atoms with Crippen molar-refractivity contribution in [3.63, 3.8) is 0 Å². The minimum atomic E-state index is -3.16. The van der Waals surface area contributed by atoms with E-state index in [2.05, 4.69) is 46.4 Å². The highest BCUT2D eigenvalue weighted by Crippen LogP contribution is 2.11. The Hall–Kier alpha value is -1.61. The molecule has 0 aromatic heterocycles. The van der Waals surface area contributed by atoms with Crippen LogP contribution < -0.4 is 5.32 Å². The lowest BCUT2D eigenvalue weighted by Gasteiger charge is -2.22. The second kappa shape index (κ2) is 10.7. The molecule has 0 radical (unpaired) electrons. The molecule has 0 aliphatic carbocycles. The largest absolute Gasteiger partial charge is 0.352 e. The molecule has 0 saturated carbocycles. The molecule has 5 nitrogen and oxygen atoms in total. The number of halogens is 1. The number of benzene rings is 2. The number of rotatable bonds is 6. The lowest BCUT2D eigenvalue weighted by Crippen LogP contribution is -2.38. The summed E-state index contributed by atoms with van der Waals surface area (Å²) in [6.45, 7) is 3.49. The van der Waals surface area contributed by atoms with Gasteiger partial charge in [0.2, 0.25) is 0 Å². The summed E-state index contributed by atoms with van der Waals surface area (Å²) in [7, 11) is 0.591. The van der Waals surface area contributed by atoms with Gasteiger partial charge in [-0.2, -0.15) is 0 Å². The quantitative estimate of drug-likeness (QED) is 0.374. The molecule has 0 spiro atoms. The predicted octanol–water partition coefficient (Wildman–Crippen LogP) is 3.48. The van der Waals surface area contributed by atoms with Gasteiger partial charge in [0.25, 0.3) is 0 Å². The first-order chi connectivity index (χ1) is 12.3. The van der Waals surface area contributed by atoms with Crippen LogP contribution in [0, 0.1) is 0 Å². The molecule has 0 bridgehead atoms. The van der Waals surface area contributed by atoms with Crippen LogP contribution in [0.15, 0.2) is 58.4 Å². The molecule has 148 valence electrons. The molecule has 0 saturated heterocycles. The monoisotopic (exact) mass is 501 g/mol. The molecule has 0 heterocycles. The highest BCUT2D eigenvalue weighted by Gasteiger charge is 2.08. The van der Waals surface area contributed by atoms with E-state index in [1.807, 2.05) is 19.2 Å². The van der Waals surface area contributed by atoms with E-state index >= 15 is 0 Å². The van der Waals surface area contributed by atoms with E-state index in [1.165, 1.54) is 17.4 Å². The van der Waals surface area contributed by atoms with E-state index in [0.717, 1.165) is 24.5 Å². The van der Waals surface area contributed by atoms with Crippen molar-refractivity contribution in [1.29, 1.82) is 0 Å². The zero-order valence-corrected chi connectivity index (χ0v) is 19.4. The fourth-order valence-corrected chi connectivity index (χ4v) is 3.28. The Morgan fingerprint density at radius 3 is 2.00 bits per heavy atom. The first kappa shape index (κ1) is 23.4. The van der Waals surface area contributed by atoms with Gasteiger partial charge in [-0.3, -0.25) is 4.99 Å². The summed E-state index contributed by atoms with van der Waals surface area (Å²) in [5.41, 5.74) is 3.56. The van der Waals surface area contributed by atoms with E-state index in [1.54, 1.807) is 19.2 Å². The van der Waals surface area contributed by atoms with Crippen LogP contribution in [0.4, 0.5) is 0 Å². The average molecular weight is 501 g/mol. The summed E-state index contributed by atoms with van der Waals surface area (Å²) in [6, 6.07) is 15.5. The topological polar surface area (TPSA) is 61.8 Å². The van der Waals surface area contributed by atoms with Crippen LogP contribution in [0.5, 0.6) is 0 Å². The Bertz CT molecular complexity index is 848.